The number of ether oxygens (including phenoxy) is 1. The van der Waals surface area contributed by atoms with Gasteiger partial charge in [-0.15, -0.1) is 13.2 Å². The van der Waals surface area contributed by atoms with Crippen LogP contribution in [0, 0.1) is 0 Å². The molecule has 0 heterocycles. The Labute approximate surface area is 86.2 Å². The van der Waals surface area contributed by atoms with E-state index in [0.717, 1.165) is 12.0 Å². The van der Waals surface area contributed by atoms with Gasteiger partial charge in [0.1, 0.15) is 5.75 Å². The molecule has 0 aliphatic rings. The van der Waals surface area contributed by atoms with Gasteiger partial charge in [0.25, 0.3) is 0 Å². The molecule has 15 heavy (non-hydrogen) atoms. The highest BCUT2D eigenvalue weighted by Gasteiger charge is 2.30. The molecule has 1 rings (SSSR count). The molecule has 0 aromatic heterocycles. The van der Waals surface area contributed by atoms with Gasteiger partial charge in [-0.2, -0.15) is 0 Å². The second kappa shape index (κ2) is 4.87. The number of halogens is 3. The lowest BCUT2D eigenvalue weighted by molar-refractivity contribution is -0.274. The van der Waals surface area contributed by atoms with E-state index < -0.39 is 6.36 Å². The van der Waals surface area contributed by atoms with Crippen molar-refractivity contribution in [3.05, 3.63) is 35.9 Å². The van der Waals surface area contributed by atoms with Gasteiger partial charge in [-0.1, -0.05) is 31.2 Å². The third-order valence-electron chi connectivity index (χ3n) is 1.66. The predicted molar refractivity (Wildman–Crippen MR) is 52.5 cm³/mol. The standard InChI is InChI=1S/C11H11F3O/c1-2-3-4-9-5-7-10(8-6-9)15-11(12,13)14/h3-8H,2H2,1H3/b4-3+. The Morgan fingerprint density at radius 1 is 1.20 bits per heavy atom. The van der Waals surface area contributed by atoms with Crippen molar-refractivity contribution >= 4 is 6.08 Å². The second-order valence-electron chi connectivity index (χ2n) is 2.93. The Balaban J connectivity index is 2.68. The first-order valence-corrected chi connectivity index (χ1v) is 4.53. The molecular formula is C11H11F3O. The summed E-state index contributed by atoms with van der Waals surface area (Å²) < 4.78 is 39.2. The maximum Gasteiger partial charge on any atom is 0.573 e. The summed E-state index contributed by atoms with van der Waals surface area (Å²) in [5, 5.41) is 0. The van der Waals surface area contributed by atoms with Crippen LogP contribution in [0.2, 0.25) is 0 Å². The molecule has 4 heteroatoms. The molecule has 0 unspecified atom stereocenters. The summed E-state index contributed by atoms with van der Waals surface area (Å²) in [6.45, 7) is 1.98. The van der Waals surface area contributed by atoms with Crippen LogP contribution >= 0.6 is 0 Å². The fourth-order valence-corrected chi connectivity index (χ4v) is 1.03. The zero-order chi connectivity index (χ0) is 11.3. The zero-order valence-corrected chi connectivity index (χ0v) is 8.21. The van der Waals surface area contributed by atoms with Crippen molar-refractivity contribution in [2.75, 3.05) is 0 Å². The van der Waals surface area contributed by atoms with Crippen molar-refractivity contribution in [2.45, 2.75) is 19.7 Å². The van der Waals surface area contributed by atoms with Gasteiger partial charge in [-0.25, -0.2) is 0 Å². The molecule has 0 atom stereocenters. The Hall–Kier alpha value is -1.45. The molecule has 0 saturated heterocycles. The summed E-state index contributed by atoms with van der Waals surface area (Å²) in [7, 11) is 0. The maximum atomic E-state index is 11.8. The normalized spacial score (nSPS) is 12.0. The van der Waals surface area contributed by atoms with E-state index in [1.54, 1.807) is 12.1 Å². The molecular weight excluding hydrogens is 205 g/mol. The van der Waals surface area contributed by atoms with Gasteiger partial charge < -0.3 is 4.74 Å². The molecule has 1 aromatic rings. The van der Waals surface area contributed by atoms with Gasteiger partial charge in [0.15, 0.2) is 0 Å². The van der Waals surface area contributed by atoms with Crippen LogP contribution in [0.1, 0.15) is 18.9 Å². The summed E-state index contributed by atoms with van der Waals surface area (Å²) in [5.41, 5.74) is 0.853. The molecule has 0 aliphatic carbocycles. The van der Waals surface area contributed by atoms with Crippen molar-refractivity contribution < 1.29 is 17.9 Å². The predicted octanol–water partition coefficient (Wildman–Crippen LogP) is 4.01. The molecule has 0 N–H and O–H groups in total. The highest BCUT2D eigenvalue weighted by atomic mass is 19.4. The molecule has 0 saturated carbocycles. The Morgan fingerprint density at radius 2 is 1.80 bits per heavy atom. The van der Waals surface area contributed by atoms with E-state index in [-0.39, 0.29) is 5.75 Å². The van der Waals surface area contributed by atoms with E-state index in [2.05, 4.69) is 4.74 Å². The lowest BCUT2D eigenvalue weighted by Crippen LogP contribution is -2.16. The van der Waals surface area contributed by atoms with E-state index in [1.807, 2.05) is 19.1 Å². The largest absolute Gasteiger partial charge is 0.573 e. The molecule has 0 aliphatic heterocycles. The van der Waals surface area contributed by atoms with E-state index in [0.29, 0.717) is 0 Å². The number of hydrogen-bond donors (Lipinski definition) is 0. The van der Waals surface area contributed by atoms with Crippen LogP contribution in [0.25, 0.3) is 6.08 Å². The first-order valence-electron chi connectivity index (χ1n) is 4.53. The van der Waals surface area contributed by atoms with Crippen molar-refractivity contribution in [3.63, 3.8) is 0 Å². The molecule has 82 valence electrons. The van der Waals surface area contributed by atoms with Crippen LogP contribution < -0.4 is 4.74 Å². The lowest BCUT2D eigenvalue weighted by Gasteiger charge is -2.08. The molecule has 0 fully saturated rings. The average Bonchev–Trinajstić information content (AvgIpc) is 2.14. The first kappa shape index (κ1) is 11.6. The van der Waals surface area contributed by atoms with Crippen LogP contribution in [0.5, 0.6) is 5.75 Å². The SMILES string of the molecule is CC/C=C/c1ccc(OC(F)(F)F)cc1. The van der Waals surface area contributed by atoms with Gasteiger partial charge in [-0.3, -0.25) is 0 Å². The molecule has 1 aromatic carbocycles. The topological polar surface area (TPSA) is 9.23 Å². The van der Waals surface area contributed by atoms with Crippen molar-refractivity contribution in [1.29, 1.82) is 0 Å². The van der Waals surface area contributed by atoms with Crippen LogP contribution in [-0.4, -0.2) is 6.36 Å². The van der Waals surface area contributed by atoms with Crippen LogP contribution in [0.3, 0.4) is 0 Å². The molecule has 0 radical (unpaired) electrons. The summed E-state index contributed by atoms with van der Waals surface area (Å²) in [6.07, 6.45) is 0.0402. The summed E-state index contributed by atoms with van der Waals surface area (Å²) in [4.78, 5) is 0. The summed E-state index contributed by atoms with van der Waals surface area (Å²) >= 11 is 0. The van der Waals surface area contributed by atoms with Gasteiger partial charge in [0.2, 0.25) is 0 Å². The minimum Gasteiger partial charge on any atom is -0.406 e. The van der Waals surface area contributed by atoms with E-state index >= 15 is 0 Å². The van der Waals surface area contributed by atoms with Crippen molar-refractivity contribution in [2.24, 2.45) is 0 Å². The minimum absolute atomic E-state index is 0.198. The number of hydrogen-bond acceptors (Lipinski definition) is 1. The number of allylic oxidation sites excluding steroid dienone is 1. The third-order valence-corrected chi connectivity index (χ3v) is 1.66. The van der Waals surface area contributed by atoms with E-state index in [4.69, 9.17) is 0 Å². The zero-order valence-electron chi connectivity index (χ0n) is 8.21. The van der Waals surface area contributed by atoms with E-state index in [9.17, 15) is 13.2 Å². The van der Waals surface area contributed by atoms with Gasteiger partial charge in [0, 0.05) is 0 Å². The lowest BCUT2D eigenvalue weighted by atomic mass is 10.2. The van der Waals surface area contributed by atoms with Gasteiger partial charge in [-0.05, 0) is 24.1 Å². The molecule has 1 nitrogen and oxygen atoms in total. The van der Waals surface area contributed by atoms with Crippen molar-refractivity contribution in [3.8, 4) is 5.75 Å². The fraction of sp³-hybridized carbons (Fsp3) is 0.273. The minimum atomic E-state index is -4.62. The Morgan fingerprint density at radius 3 is 2.27 bits per heavy atom. The number of rotatable bonds is 3. The van der Waals surface area contributed by atoms with Gasteiger partial charge in [0.05, 0.1) is 0 Å². The molecule has 0 amide bonds. The van der Waals surface area contributed by atoms with Gasteiger partial charge >= 0.3 is 6.36 Å². The maximum absolute atomic E-state index is 11.8. The summed E-state index contributed by atoms with van der Waals surface area (Å²) in [6, 6.07) is 5.74. The van der Waals surface area contributed by atoms with Crippen molar-refractivity contribution in [1.82, 2.24) is 0 Å². The molecule has 0 spiro atoms. The Bertz CT molecular complexity index is 325. The Kier molecular flexibility index (Phi) is 3.77. The average molecular weight is 216 g/mol. The summed E-state index contributed by atoms with van der Waals surface area (Å²) in [5.74, 6) is -0.198. The van der Waals surface area contributed by atoms with Crippen LogP contribution in [0.15, 0.2) is 30.3 Å². The second-order valence-corrected chi connectivity index (χ2v) is 2.93. The number of benzene rings is 1. The van der Waals surface area contributed by atoms with Crippen LogP contribution in [0.4, 0.5) is 13.2 Å². The fourth-order valence-electron chi connectivity index (χ4n) is 1.03. The molecule has 0 bridgehead atoms. The van der Waals surface area contributed by atoms with Crippen LogP contribution in [-0.2, 0) is 0 Å². The highest BCUT2D eigenvalue weighted by molar-refractivity contribution is 5.50. The van der Waals surface area contributed by atoms with E-state index in [1.165, 1.54) is 12.1 Å². The number of alkyl halides is 3. The monoisotopic (exact) mass is 216 g/mol. The highest BCUT2D eigenvalue weighted by Crippen LogP contribution is 2.22. The quantitative estimate of drug-likeness (QED) is 0.741. The first-order chi connectivity index (χ1) is 7.01. The smallest absolute Gasteiger partial charge is 0.406 e. The third kappa shape index (κ3) is 4.54.